The molecule has 2 heterocycles. The minimum atomic E-state index is 0.188. The van der Waals surface area contributed by atoms with E-state index in [9.17, 15) is 4.79 Å². The highest BCUT2D eigenvalue weighted by atomic mass is 16.1. The van der Waals surface area contributed by atoms with Gasteiger partial charge in [0.05, 0.1) is 6.20 Å². The van der Waals surface area contributed by atoms with Gasteiger partial charge in [-0.15, -0.1) is 0 Å². The SMILES string of the molecule is CCC(=O)NC1CCC(N2C=C[N+]3=C(C2)C3)C1. The Bertz CT molecular complexity index is 399. The Morgan fingerprint density at radius 2 is 2.47 bits per heavy atom. The summed E-state index contributed by atoms with van der Waals surface area (Å²) in [4.78, 5) is 13.8. The van der Waals surface area contributed by atoms with Crippen molar-refractivity contribution in [1.29, 1.82) is 0 Å². The van der Waals surface area contributed by atoms with Crippen LogP contribution in [0.4, 0.5) is 0 Å². The molecule has 1 amide bonds. The van der Waals surface area contributed by atoms with Gasteiger partial charge in [0.2, 0.25) is 18.2 Å². The molecule has 0 aromatic heterocycles. The van der Waals surface area contributed by atoms with Crippen LogP contribution in [-0.2, 0) is 4.79 Å². The van der Waals surface area contributed by atoms with Crippen LogP contribution in [0.2, 0.25) is 0 Å². The van der Waals surface area contributed by atoms with Crippen molar-refractivity contribution in [3.05, 3.63) is 12.4 Å². The predicted octanol–water partition coefficient (Wildman–Crippen LogP) is 0.688. The third-order valence-corrected chi connectivity index (χ3v) is 4.02. The summed E-state index contributed by atoms with van der Waals surface area (Å²) in [5.41, 5.74) is 1.54. The van der Waals surface area contributed by atoms with Crippen molar-refractivity contribution >= 4 is 11.6 Å². The fourth-order valence-corrected chi connectivity index (χ4v) is 2.86. The van der Waals surface area contributed by atoms with Crippen molar-refractivity contribution in [2.75, 3.05) is 13.1 Å². The number of carbonyl (C=O) groups excluding carboxylic acids is 1. The highest BCUT2D eigenvalue weighted by Gasteiger charge is 2.39. The van der Waals surface area contributed by atoms with Gasteiger partial charge >= 0.3 is 0 Å². The van der Waals surface area contributed by atoms with E-state index in [0.717, 1.165) is 25.9 Å². The summed E-state index contributed by atoms with van der Waals surface area (Å²) in [7, 11) is 0. The van der Waals surface area contributed by atoms with Gasteiger partial charge in [-0.25, -0.2) is 0 Å². The van der Waals surface area contributed by atoms with E-state index in [4.69, 9.17) is 0 Å². The maximum Gasteiger partial charge on any atom is 0.243 e. The van der Waals surface area contributed by atoms with Gasteiger partial charge < -0.3 is 10.2 Å². The second-order valence-corrected chi connectivity index (χ2v) is 5.25. The van der Waals surface area contributed by atoms with Crippen molar-refractivity contribution in [3.8, 4) is 0 Å². The minimum absolute atomic E-state index is 0.188. The number of amides is 1. The highest BCUT2D eigenvalue weighted by molar-refractivity contribution is 5.90. The number of hydrogen-bond acceptors (Lipinski definition) is 2. The molecule has 0 aromatic carbocycles. The molecule has 17 heavy (non-hydrogen) atoms. The van der Waals surface area contributed by atoms with Crippen LogP contribution in [0.15, 0.2) is 12.4 Å². The van der Waals surface area contributed by atoms with Crippen LogP contribution in [0.3, 0.4) is 0 Å². The van der Waals surface area contributed by atoms with Crippen LogP contribution >= 0.6 is 0 Å². The summed E-state index contributed by atoms with van der Waals surface area (Å²) in [5, 5.41) is 3.11. The fourth-order valence-electron chi connectivity index (χ4n) is 2.86. The zero-order chi connectivity index (χ0) is 11.8. The van der Waals surface area contributed by atoms with E-state index in [-0.39, 0.29) is 5.91 Å². The van der Waals surface area contributed by atoms with Crippen LogP contribution in [-0.4, -0.2) is 46.3 Å². The van der Waals surface area contributed by atoms with Crippen LogP contribution in [0.1, 0.15) is 32.6 Å². The van der Waals surface area contributed by atoms with Crippen LogP contribution in [0.5, 0.6) is 0 Å². The zero-order valence-corrected chi connectivity index (χ0v) is 10.4. The van der Waals surface area contributed by atoms with Crippen molar-refractivity contribution in [3.63, 3.8) is 0 Å². The Kier molecular flexibility index (Phi) is 2.65. The van der Waals surface area contributed by atoms with Crippen molar-refractivity contribution in [2.45, 2.75) is 44.7 Å². The lowest BCUT2D eigenvalue weighted by Gasteiger charge is -2.25. The van der Waals surface area contributed by atoms with Gasteiger partial charge in [-0.3, -0.25) is 4.79 Å². The predicted molar refractivity (Wildman–Crippen MR) is 65.8 cm³/mol. The van der Waals surface area contributed by atoms with Gasteiger partial charge in [0.1, 0.15) is 6.54 Å². The molecular weight excluding hydrogens is 214 g/mol. The number of nitrogens with zero attached hydrogens (tertiary/aromatic N) is 2. The fraction of sp³-hybridized carbons (Fsp3) is 0.692. The van der Waals surface area contributed by atoms with E-state index in [2.05, 4.69) is 27.2 Å². The first-order valence-corrected chi connectivity index (χ1v) is 6.61. The van der Waals surface area contributed by atoms with E-state index in [1.165, 1.54) is 12.1 Å². The topological polar surface area (TPSA) is 35.4 Å². The number of nitrogens with one attached hydrogen (secondary N) is 1. The van der Waals surface area contributed by atoms with Crippen molar-refractivity contribution < 1.29 is 9.37 Å². The zero-order valence-electron chi connectivity index (χ0n) is 10.4. The third-order valence-electron chi connectivity index (χ3n) is 4.02. The molecule has 0 bridgehead atoms. The van der Waals surface area contributed by atoms with E-state index in [0.29, 0.717) is 18.5 Å². The Balaban J connectivity index is 1.52. The Hall–Kier alpha value is -1.32. The van der Waals surface area contributed by atoms with Crippen molar-refractivity contribution in [2.24, 2.45) is 0 Å². The molecule has 0 spiro atoms. The monoisotopic (exact) mass is 234 g/mol. The summed E-state index contributed by atoms with van der Waals surface area (Å²) < 4.78 is 2.29. The second-order valence-electron chi connectivity index (χ2n) is 5.25. The van der Waals surface area contributed by atoms with E-state index < -0.39 is 0 Å². The average Bonchev–Trinajstić information content (AvgIpc) is 2.98. The van der Waals surface area contributed by atoms with Gasteiger partial charge in [-0.1, -0.05) is 6.92 Å². The maximum atomic E-state index is 11.4. The first-order chi connectivity index (χ1) is 8.26. The summed E-state index contributed by atoms with van der Waals surface area (Å²) in [6, 6.07) is 1.01. The molecule has 3 aliphatic rings. The van der Waals surface area contributed by atoms with Crippen LogP contribution in [0.25, 0.3) is 0 Å². The number of hydrogen-bond donors (Lipinski definition) is 1. The quantitative estimate of drug-likeness (QED) is 0.729. The average molecular weight is 234 g/mol. The lowest BCUT2D eigenvalue weighted by Crippen LogP contribution is -2.36. The van der Waals surface area contributed by atoms with Gasteiger partial charge in [-0.2, -0.15) is 4.58 Å². The molecule has 3 rings (SSSR count). The number of rotatable bonds is 3. The first-order valence-electron chi connectivity index (χ1n) is 6.61. The largest absolute Gasteiger partial charge is 0.359 e. The Morgan fingerprint density at radius 1 is 1.59 bits per heavy atom. The molecule has 0 radical (unpaired) electrons. The molecular formula is C13H20N3O+. The van der Waals surface area contributed by atoms with Gasteiger partial charge in [-0.05, 0) is 19.3 Å². The van der Waals surface area contributed by atoms with Gasteiger partial charge in [0.15, 0.2) is 6.20 Å². The lowest BCUT2D eigenvalue weighted by atomic mass is 10.2. The van der Waals surface area contributed by atoms with Crippen LogP contribution < -0.4 is 5.32 Å². The summed E-state index contributed by atoms with van der Waals surface area (Å²) in [6.07, 6.45) is 8.41. The van der Waals surface area contributed by atoms with E-state index >= 15 is 0 Å². The molecule has 4 heteroatoms. The molecule has 0 saturated heterocycles. The summed E-state index contributed by atoms with van der Waals surface area (Å²) in [6.45, 7) is 4.15. The molecule has 1 saturated carbocycles. The van der Waals surface area contributed by atoms with Crippen LogP contribution in [0, 0.1) is 0 Å². The number of carbonyl (C=O) groups is 1. The smallest absolute Gasteiger partial charge is 0.243 e. The normalized spacial score (nSPS) is 30.5. The Morgan fingerprint density at radius 3 is 3.24 bits per heavy atom. The van der Waals surface area contributed by atoms with E-state index in [1.807, 2.05) is 6.92 Å². The standard InChI is InChI=1S/C13H19N3O/c1-2-13(17)14-10-3-4-11(7-10)15-5-6-16-9-12(16)8-15/h5-6,10-11H,2-4,7-9H2,1H3/p+1. The highest BCUT2D eigenvalue weighted by Crippen LogP contribution is 2.26. The maximum absolute atomic E-state index is 11.4. The summed E-state index contributed by atoms with van der Waals surface area (Å²) in [5.74, 6) is 0.188. The van der Waals surface area contributed by atoms with Gasteiger partial charge in [0.25, 0.3) is 0 Å². The third kappa shape index (κ3) is 2.21. The molecule has 2 aliphatic heterocycles. The first kappa shape index (κ1) is 10.8. The molecule has 4 nitrogen and oxygen atoms in total. The molecule has 1 aliphatic carbocycles. The molecule has 2 atom stereocenters. The second kappa shape index (κ2) is 4.17. The van der Waals surface area contributed by atoms with E-state index in [1.54, 1.807) is 0 Å². The van der Waals surface area contributed by atoms with Crippen molar-refractivity contribution in [1.82, 2.24) is 10.2 Å². The lowest BCUT2D eigenvalue weighted by molar-refractivity contribution is -0.363. The molecule has 1 N–H and O–H groups in total. The molecule has 1 fully saturated rings. The molecule has 92 valence electrons. The van der Waals surface area contributed by atoms with Gasteiger partial charge in [0, 0.05) is 18.5 Å². The minimum Gasteiger partial charge on any atom is -0.359 e. The molecule has 0 aromatic rings. The Labute approximate surface area is 102 Å². The molecule has 2 unspecified atom stereocenters. The summed E-state index contributed by atoms with van der Waals surface area (Å²) >= 11 is 0.